The summed E-state index contributed by atoms with van der Waals surface area (Å²) in [6, 6.07) is 11.0. The average Bonchev–Trinajstić information content (AvgIpc) is 2.93. The summed E-state index contributed by atoms with van der Waals surface area (Å²) in [5.74, 6) is 0.364. The lowest BCUT2D eigenvalue weighted by Crippen LogP contribution is -2.32. The SMILES string of the molecule is C=CCN1C(=O)C(Nc2cc(OC)ccc2OC)=C(c2ccc(C)cc2C)C1=O. The molecule has 2 aromatic carbocycles. The highest BCUT2D eigenvalue weighted by molar-refractivity contribution is 6.36. The van der Waals surface area contributed by atoms with Gasteiger partial charge in [0.15, 0.2) is 0 Å². The predicted octanol–water partition coefficient (Wildman–Crippen LogP) is 3.70. The van der Waals surface area contributed by atoms with Gasteiger partial charge in [0.25, 0.3) is 11.8 Å². The first-order valence-corrected chi connectivity index (χ1v) is 9.19. The van der Waals surface area contributed by atoms with Gasteiger partial charge in [-0.2, -0.15) is 0 Å². The molecule has 0 unspecified atom stereocenters. The van der Waals surface area contributed by atoms with Crippen LogP contribution in [0.4, 0.5) is 5.69 Å². The van der Waals surface area contributed by atoms with E-state index in [0.29, 0.717) is 28.3 Å². The van der Waals surface area contributed by atoms with Crippen LogP contribution in [-0.4, -0.2) is 37.5 Å². The Morgan fingerprint density at radius 2 is 1.79 bits per heavy atom. The summed E-state index contributed by atoms with van der Waals surface area (Å²) in [7, 11) is 3.10. The van der Waals surface area contributed by atoms with Crippen LogP contribution in [0.25, 0.3) is 5.57 Å². The molecule has 1 heterocycles. The first-order valence-electron chi connectivity index (χ1n) is 9.19. The molecule has 2 amide bonds. The van der Waals surface area contributed by atoms with Crippen LogP contribution in [0.1, 0.15) is 16.7 Å². The van der Waals surface area contributed by atoms with Gasteiger partial charge in [0, 0.05) is 12.6 Å². The highest BCUT2D eigenvalue weighted by atomic mass is 16.5. The molecule has 0 saturated carbocycles. The predicted molar refractivity (Wildman–Crippen MR) is 113 cm³/mol. The van der Waals surface area contributed by atoms with Crippen LogP contribution in [0, 0.1) is 13.8 Å². The van der Waals surface area contributed by atoms with Crippen LogP contribution < -0.4 is 14.8 Å². The fraction of sp³-hybridized carbons (Fsp3) is 0.217. The largest absolute Gasteiger partial charge is 0.497 e. The maximum absolute atomic E-state index is 13.1. The van der Waals surface area contributed by atoms with Gasteiger partial charge in [-0.05, 0) is 37.1 Å². The molecule has 150 valence electrons. The smallest absolute Gasteiger partial charge is 0.278 e. The molecule has 1 aliphatic rings. The maximum Gasteiger partial charge on any atom is 0.278 e. The Bertz CT molecular complexity index is 1020. The van der Waals surface area contributed by atoms with Crippen molar-refractivity contribution >= 4 is 23.1 Å². The van der Waals surface area contributed by atoms with E-state index in [9.17, 15) is 9.59 Å². The summed E-state index contributed by atoms with van der Waals surface area (Å²) in [6.45, 7) is 7.70. The monoisotopic (exact) mass is 392 g/mol. The van der Waals surface area contributed by atoms with Gasteiger partial charge in [0.2, 0.25) is 0 Å². The van der Waals surface area contributed by atoms with Gasteiger partial charge >= 0.3 is 0 Å². The summed E-state index contributed by atoms with van der Waals surface area (Å²) in [5.41, 5.74) is 3.78. The van der Waals surface area contributed by atoms with Gasteiger partial charge in [-0.15, -0.1) is 6.58 Å². The molecule has 29 heavy (non-hydrogen) atoms. The Hall–Kier alpha value is -3.54. The second-order valence-electron chi connectivity index (χ2n) is 6.77. The molecule has 6 nitrogen and oxygen atoms in total. The quantitative estimate of drug-likeness (QED) is 0.575. The van der Waals surface area contributed by atoms with Crippen LogP contribution in [0.2, 0.25) is 0 Å². The molecule has 3 rings (SSSR count). The molecule has 1 aliphatic heterocycles. The number of carbonyl (C=O) groups is 2. The van der Waals surface area contributed by atoms with Crippen LogP contribution >= 0.6 is 0 Å². The first-order chi connectivity index (χ1) is 13.9. The number of carbonyl (C=O) groups excluding carboxylic acids is 2. The van der Waals surface area contributed by atoms with E-state index in [-0.39, 0.29) is 18.1 Å². The number of nitrogens with one attached hydrogen (secondary N) is 1. The molecule has 0 atom stereocenters. The third-order valence-electron chi connectivity index (χ3n) is 4.80. The van der Waals surface area contributed by atoms with Gasteiger partial charge in [0.1, 0.15) is 17.2 Å². The Morgan fingerprint density at radius 3 is 2.41 bits per heavy atom. The van der Waals surface area contributed by atoms with Crippen LogP contribution in [0.15, 0.2) is 54.8 Å². The van der Waals surface area contributed by atoms with Crippen LogP contribution in [0.3, 0.4) is 0 Å². The minimum absolute atomic E-state index is 0.131. The van der Waals surface area contributed by atoms with Crippen molar-refractivity contribution in [3.8, 4) is 11.5 Å². The minimum atomic E-state index is -0.408. The molecule has 0 spiro atoms. The Balaban J connectivity index is 2.17. The fourth-order valence-corrected chi connectivity index (χ4v) is 3.38. The zero-order valence-electron chi connectivity index (χ0n) is 17.0. The number of hydrogen-bond acceptors (Lipinski definition) is 5. The van der Waals surface area contributed by atoms with E-state index in [0.717, 1.165) is 11.1 Å². The molecule has 0 saturated heterocycles. The average molecular weight is 392 g/mol. The van der Waals surface area contributed by atoms with E-state index in [1.165, 1.54) is 18.1 Å². The molecule has 0 aromatic heterocycles. The lowest BCUT2D eigenvalue weighted by Gasteiger charge is -2.15. The second kappa shape index (κ2) is 8.22. The molecule has 0 radical (unpaired) electrons. The number of hydrogen-bond donors (Lipinski definition) is 1. The summed E-state index contributed by atoms with van der Waals surface area (Å²) >= 11 is 0. The van der Waals surface area contributed by atoms with Crippen LogP contribution in [-0.2, 0) is 9.59 Å². The number of ether oxygens (including phenoxy) is 2. The normalized spacial score (nSPS) is 13.7. The lowest BCUT2D eigenvalue weighted by atomic mass is 9.97. The number of benzene rings is 2. The van der Waals surface area contributed by atoms with E-state index in [2.05, 4.69) is 11.9 Å². The fourth-order valence-electron chi connectivity index (χ4n) is 3.38. The summed E-state index contributed by atoms with van der Waals surface area (Å²) in [5, 5.41) is 3.12. The van der Waals surface area contributed by atoms with Crippen molar-refractivity contribution in [3.05, 3.63) is 71.4 Å². The van der Waals surface area contributed by atoms with Gasteiger partial charge in [-0.25, -0.2) is 0 Å². The Labute approximate surface area is 170 Å². The number of nitrogens with zero attached hydrogens (tertiary/aromatic N) is 1. The van der Waals surface area contributed by atoms with E-state index >= 15 is 0 Å². The third-order valence-corrected chi connectivity index (χ3v) is 4.80. The summed E-state index contributed by atoms with van der Waals surface area (Å²) < 4.78 is 10.7. The zero-order chi connectivity index (χ0) is 21.1. The van der Waals surface area contributed by atoms with Gasteiger partial charge in [0.05, 0.1) is 25.5 Å². The van der Waals surface area contributed by atoms with Gasteiger partial charge < -0.3 is 14.8 Å². The first kappa shape index (κ1) is 20.2. The summed E-state index contributed by atoms with van der Waals surface area (Å²) in [6.07, 6.45) is 1.53. The second-order valence-corrected chi connectivity index (χ2v) is 6.77. The molecule has 0 bridgehead atoms. The molecule has 1 N–H and O–H groups in total. The Kier molecular flexibility index (Phi) is 5.73. The highest BCUT2D eigenvalue weighted by Crippen LogP contribution is 2.36. The van der Waals surface area contributed by atoms with Crippen molar-refractivity contribution in [2.75, 3.05) is 26.1 Å². The van der Waals surface area contributed by atoms with Crippen molar-refractivity contribution < 1.29 is 19.1 Å². The standard InChI is InChI=1S/C23H24N2O4/c1-6-11-25-22(26)20(17-9-7-14(2)12-15(17)3)21(23(25)27)24-18-13-16(28-4)8-10-19(18)29-5/h6-10,12-13,24H,1,11H2,2-5H3. The molecular weight excluding hydrogens is 368 g/mol. The van der Waals surface area contributed by atoms with E-state index in [4.69, 9.17) is 9.47 Å². The number of rotatable bonds is 7. The zero-order valence-corrected chi connectivity index (χ0v) is 17.0. The van der Waals surface area contributed by atoms with Crippen molar-refractivity contribution in [2.24, 2.45) is 0 Å². The van der Waals surface area contributed by atoms with Gasteiger partial charge in [-0.1, -0.05) is 29.8 Å². The number of anilines is 1. The van der Waals surface area contributed by atoms with Crippen LogP contribution in [0.5, 0.6) is 11.5 Å². The van der Waals surface area contributed by atoms with E-state index in [1.807, 2.05) is 32.0 Å². The van der Waals surface area contributed by atoms with Crippen molar-refractivity contribution in [1.82, 2.24) is 4.90 Å². The van der Waals surface area contributed by atoms with Crippen molar-refractivity contribution in [3.63, 3.8) is 0 Å². The lowest BCUT2D eigenvalue weighted by molar-refractivity contribution is -0.136. The topological polar surface area (TPSA) is 67.9 Å². The maximum atomic E-state index is 13.1. The van der Waals surface area contributed by atoms with E-state index < -0.39 is 5.91 Å². The molecular formula is C23H24N2O4. The number of aryl methyl sites for hydroxylation is 2. The van der Waals surface area contributed by atoms with Crippen molar-refractivity contribution in [2.45, 2.75) is 13.8 Å². The molecule has 6 heteroatoms. The number of imide groups is 1. The Morgan fingerprint density at radius 1 is 1.03 bits per heavy atom. The molecule has 0 fully saturated rings. The van der Waals surface area contributed by atoms with E-state index in [1.54, 1.807) is 25.3 Å². The van der Waals surface area contributed by atoms with Gasteiger partial charge in [-0.3, -0.25) is 14.5 Å². The van der Waals surface area contributed by atoms with Crippen molar-refractivity contribution in [1.29, 1.82) is 0 Å². The number of amides is 2. The highest BCUT2D eigenvalue weighted by Gasteiger charge is 2.39. The third kappa shape index (κ3) is 3.74. The minimum Gasteiger partial charge on any atom is -0.497 e. The molecule has 0 aliphatic carbocycles. The molecule has 2 aromatic rings. The summed E-state index contributed by atoms with van der Waals surface area (Å²) in [4.78, 5) is 27.4. The number of methoxy groups -OCH3 is 2.